The second-order valence-electron chi connectivity index (χ2n) is 8.58. The monoisotopic (exact) mass is 470 g/mol. The van der Waals surface area contributed by atoms with E-state index in [0.717, 1.165) is 5.56 Å². The van der Waals surface area contributed by atoms with Crippen LogP contribution in [0.15, 0.2) is 39.9 Å². The summed E-state index contributed by atoms with van der Waals surface area (Å²) in [7, 11) is 0. The molecule has 1 aromatic carbocycles. The maximum Gasteiger partial charge on any atom is 1.00 e. The summed E-state index contributed by atoms with van der Waals surface area (Å²) in [6, 6.07) is 10.5. The molecule has 3 heteroatoms. The normalized spacial score (nSPS) is 16.1. The van der Waals surface area contributed by atoms with Gasteiger partial charge in [0.2, 0.25) is 0 Å². The fourth-order valence-electron chi connectivity index (χ4n) is 3.89. The van der Waals surface area contributed by atoms with Gasteiger partial charge in [0.25, 0.3) is 0 Å². The van der Waals surface area contributed by atoms with Crippen molar-refractivity contribution in [3.63, 3.8) is 0 Å². The van der Waals surface area contributed by atoms with Gasteiger partial charge in [-0.1, -0.05) is 114 Å². The molecule has 0 aliphatic rings. The minimum Gasteiger partial charge on any atom is -0.303 e. The molecule has 2 unspecified atom stereocenters. The molecule has 0 saturated heterocycles. The zero-order chi connectivity index (χ0) is 19.7. The van der Waals surface area contributed by atoms with Crippen molar-refractivity contribution in [3.05, 3.63) is 45.5 Å². The first-order chi connectivity index (χ1) is 12.3. The predicted molar refractivity (Wildman–Crippen MR) is 129 cm³/mol. The van der Waals surface area contributed by atoms with Crippen LogP contribution in [-0.4, -0.2) is 6.15 Å². The Hall–Kier alpha value is -0.0877. The van der Waals surface area contributed by atoms with Crippen molar-refractivity contribution < 1.29 is 18.9 Å². The van der Waals surface area contributed by atoms with Gasteiger partial charge in [-0.15, -0.1) is 12.0 Å². The minimum atomic E-state index is -0.940. The van der Waals surface area contributed by atoms with Gasteiger partial charge in [0, 0.05) is 5.56 Å². The molecule has 0 heterocycles. The smallest absolute Gasteiger partial charge is 0.303 e. The van der Waals surface area contributed by atoms with Crippen molar-refractivity contribution in [1.82, 2.24) is 0 Å². The Morgan fingerprint density at radius 1 is 1.00 bits per heavy atom. The molecule has 1 rings (SSSR count). The molecule has 0 bridgehead atoms. The molecule has 0 radical (unpaired) electrons. The third-order valence-corrected chi connectivity index (χ3v) is 7.82. The summed E-state index contributed by atoms with van der Waals surface area (Å²) in [6.07, 6.45) is 5.22. The van der Waals surface area contributed by atoms with Crippen molar-refractivity contribution in [1.29, 1.82) is 0 Å². The third kappa shape index (κ3) is 7.35. The maximum atomic E-state index is 3.88. The molecule has 144 valence electrons. The van der Waals surface area contributed by atoms with E-state index in [2.05, 4.69) is 119 Å². The van der Waals surface area contributed by atoms with Crippen molar-refractivity contribution in [2.75, 3.05) is 0 Å². The average Bonchev–Trinajstić information content (AvgIpc) is 2.62. The zero-order valence-corrected chi connectivity index (χ0v) is 21.0. The molecule has 1 aromatic rings. The third-order valence-electron chi connectivity index (χ3n) is 6.34. The fraction of sp³-hybridized carbons (Fsp3) is 0.583. The van der Waals surface area contributed by atoms with E-state index in [-0.39, 0.29) is 18.9 Å². The Labute approximate surface area is 195 Å². The summed E-state index contributed by atoms with van der Waals surface area (Å²) in [5.74, 6) is 9.80. The molecule has 0 N–H and O–H groups in total. The van der Waals surface area contributed by atoms with E-state index in [1.165, 1.54) is 22.7 Å². The van der Waals surface area contributed by atoms with Crippen LogP contribution >= 0.6 is 22.6 Å². The van der Waals surface area contributed by atoms with E-state index >= 15 is 0 Å². The Bertz CT molecular complexity index is 611. The standard InChI is InChI=1S/C24H37BI.Li/c1-8-9-11-16-24(26)25(21(6)19(2)3,22(7)20(4)5)18-17-23-14-12-10-13-15-23;/h10,12-16,19-22H,8-9,11H2,1-7H3;/q-1;+1/b24-16-;. The summed E-state index contributed by atoms with van der Waals surface area (Å²) in [6.45, 7) is 16.5. The summed E-state index contributed by atoms with van der Waals surface area (Å²) in [5.41, 5.74) is 1.13. The zero-order valence-electron chi connectivity index (χ0n) is 18.9. The molecule has 0 aliphatic carbocycles. The van der Waals surface area contributed by atoms with Crippen LogP contribution in [0.2, 0.25) is 11.6 Å². The Morgan fingerprint density at radius 2 is 1.52 bits per heavy atom. The number of hydrogen-bond donors (Lipinski definition) is 0. The van der Waals surface area contributed by atoms with Crippen LogP contribution in [0.5, 0.6) is 0 Å². The molecular formula is C24H37BILi. The minimum absolute atomic E-state index is 0. The van der Waals surface area contributed by atoms with E-state index in [1.54, 1.807) is 0 Å². The topological polar surface area (TPSA) is 0 Å². The predicted octanol–water partition coefficient (Wildman–Crippen LogP) is 5.17. The molecule has 0 fully saturated rings. The van der Waals surface area contributed by atoms with Crippen LogP contribution in [0, 0.1) is 23.6 Å². The van der Waals surface area contributed by atoms with Crippen molar-refractivity contribution in [3.8, 4) is 11.7 Å². The number of unbranched alkanes of at least 4 members (excludes halogenated alkanes) is 2. The number of rotatable bonds is 8. The Balaban J connectivity index is 0.00000676. The SMILES string of the molecule is CCCC/C=C(\I)[B-](C#Cc1ccccc1)(C(C)C(C)C)C(C)C(C)C.[Li+]. The second kappa shape index (κ2) is 13.2. The Morgan fingerprint density at radius 3 is 1.96 bits per heavy atom. The van der Waals surface area contributed by atoms with Gasteiger partial charge in [0.15, 0.2) is 0 Å². The van der Waals surface area contributed by atoms with E-state index in [9.17, 15) is 0 Å². The maximum absolute atomic E-state index is 3.88. The van der Waals surface area contributed by atoms with Gasteiger partial charge < -0.3 is 5.82 Å². The van der Waals surface area contributed by atoms with Gasteiger partial charge in [-0.3, -0.25) is 0 Å². The first kappa shape index (κ1) is 26.9. The molecule has 27 heavy (non-hydrogen) atoms. The molecule has 0 amide bonds. The summed E-state index contributed by atoms with van der Waals surface area (Å²) in [4.78, 5) is 0. The first-order valence-electron chi connectivity index (χ1n) is 10.4. The van der Waals surface area contributed by atoms with Crippen molar-refractivity contribution >= 4 is 28.7 Å². The molecular weight excluding hydrogens is 433 g/mol. The number of benzene rings is 1. The van der Waals surface area contributed by atoms with Crippen LogP contribution in [0.3, 0.4) is 0 Å². The van der Waals surface area contributed by atoms with E-state index in [1.807, 2.05) is 0 Å². The largest absolute Gasteiger partial charge is 1.00 e. The average molecular weight is 470 g/mol. The first-order valence-corrected chi connectivity index (χ1v) is 11.5. The second-order valence-corrected chi connectivity index (χ2v) is 9.82. The van der Waals surface area contributed by atoms with Gasteiger partial charge in [-0.2, -0.15) is 15.1 Å². The number of halogens is 1. The number of allylic oxidation sites excluding steroid dienone is 1. The molecule has 2 atom stereocenters. The molecule has 0 aromatic heterocycles. The molecule has 0 saturated carbocycles. The molecule has 0 aliphatic heterocycles. The van der Waals surface area contributed by atoms with E-state index in [4.69, 9.17) is 0 Å². The fourth-order valence-corrected chi connectivity index (χ4v) is 5.49. The summed E-state index contributed by atoms with van der Waals surface area (Å²) >= 11 is 2.62. The van der Waals surface area contributed by atoms with Crippen LogP contribution < -0.4 is 18.9 Å². The van der Waals surface area contributed by atoms with E-state index in [0.29, 0.717) is 23.5 Å². The number of hydrogen-bond acceptors (Lipinski definition) is 0. The van der Waals surface area contributed by atoms with Gasteiger partial charge in [0.1, 0.15) is 6.15 Å². The molecule has 0 spiro atoms. The molecule has 0 nitrogen and oxygen atoms in total. The van der Waals surface area contributed by atoms with Crippen LogP contribution in [0.4, 0.5) is 0 Å². The van der Waals surface area contributed by atoms with Crippen molar-refractivity contribution in [2.45, 2.75) is 79.4 Å². The van der Waals surface area contributed by atoms with Gasteiger partial charge in [-0.05, 0) is 18.6 Å². The van der Waals surface area contributed by atoms with Gasteiger partial charge in [-0.25, -0.2) is 0 Å². The quantitative estimate of drug-likeness (QED) is 0.213. The summed E-state index contributed by atoms with van der Waals surface area (Å²) in [5, 5.41) is 0. The van der Waals surface area contributed by atoms with Gasteiger partial charge >= 0.3 is 18.9 Å². The summed E-state index contributed by atoms with van der Waals surface area (Å²) < 4.78 is 1.50. The van der Waals surface area contributed by atoms with Crippen LogP contribution in [-0.2, 0) is 0 Å². The van der Waals surface area contributed by atoms with Gasteiger partial charge in [0.05, 0.1) is 0 Å². The van der Waals surface area contributed by atoms with Crippen LogP contribution in [0.25, 0.3) is 0 Å². The Kier molecular flexibility index (Phi) is 13.2. The van der Waals surface area contributed by atoms with Crippen LogP contribution in [0.1, 0.15) is 73.3 Å². The van der Waals surface area contributed by atoms with E-state index < -0.39 is 6.15 Å². The van der Waals surface area contributed by atoms with Crippen molar-refractivity contribution in [2.24, 2.45) is 11.8 Å².